The lowest BCUT2D eigenvalue weighted by Gasteiger charge is -2.30. The molecule has 1 heterocycles. The second-order valence-electron chi connectivity index (χ2n) is 5.40. The van der Waals surface area contributed by atoms with Crippen molar-refractivity contribution in [3.63, 3.8) is 0 Å². The van der Waals surface area contributed by atoms with Crippen molar-refractivity contribution in [1.82, 2.24) is 10.2 Å². The Bertz CT molecular complexity index is 473. The molecule has 2 rings (SSSR count). The molecule has 1 aromatic rings. The van der Waals surface area contributed by atoms with Crippen LogP contribution in [0.3, 0.4) is 0 Å². The molecule has 110 valence electrons. The minimum atomic E-state index is -0.0566. The van der Waals surface area contributed by atoms with Crippen LogP contribution >= 0.6 is 27.5 Å². The van der Waals surface area contributed by atoms with E-state index >= 15 is 0 Å². The molecule has 0 radical (unpaired) electrons. The lowest BCUT2D eigenvalue weighted by Crippen LogP contribution is -2.39. The number of piperidine rings is 1. The molecule has 1 aliphatic heterocycles. The van der Waals surface area contributed by atoms with Crippen molar-refractivity contribution >= 4 is 33.4 Å². The first-order chi connectivity index (χ1) is 9.56. The molecule has 0 saturated carbocycles. The minimum Gasteiger partial charge on any atom is -0.351 e. The van der Waals surface area contributed by atoms with Gasteiger partial charge in [0.25, 0.3) is 5.91 Å². The molecule has 0 atom stereocenters. The molecule has 0 aliphatic carbocycles. The molecule has 1 aliphatic rings. The number of carbonyl (C=O) groups is 1. The van der Waals surface area contributed by atoms with Crippen molar-refractivity contribution in [3.8, 4) is 0 Å². The lowest BCUT2D eigenvalue weighted by atomic mass is 9.99. The minimum absolute atomic E-state index is 0.0566. The third kappa shape index (κ3) is 4.47. The Hall–Kier alpha value is -0.580. The molecule has 1 saturated heterocycles. The van der Waals surface area contributed by atoms with Crippen molar-refractivity contribution in [2.45, 2.75) is 19.8 Å². The van der Waals surface area contributed by atoms with E-state index in [2.05, 4.69) is 33.1 Å². The summed E-state index contributed by atoms with van der Waals surface area (Å²) >= 11 is 9.24. The summed E-state index contributed by atoms with van der Waals surface area (Å²) in [6.07, 6.45) is 2.52. The summed E-state index contributed by atoms with van der Waals surface area (Å²) in [6, 6.07) is 5.21. The van der Waals surface area contributed by atoms with Gasteiger partial charge in [-0.15, -0.1) is 0 Å². The number of halogens is 2. The van der Waals surface area contributed by atoms with E-state index in [0.29, 0.717) is 17.1 Å². The Morgan fingerprint density at radius 1 is 1.45 bits per heavy atom. The van der Waals surface area contributed by atoms with Crippen LogP contribution in [0.15, 0.2) is 22.7 Å². The number of amides is 1. The third-order valence-corrected chi connectivity index (χ3v) is 4.66. The van der Waals surface area contributed by atoms with E-state index in [0.717, 1.165) is 30.0 Å². The molecule has 1 N–H and O–H groups in total. The van der Waals surface area contributed by atoms with Gasteiger partial charge in [-0.05, 0) is 66.0 Å². The first-order valence-corrected chi connectivity index (χ1v) is 8.19. The molecule has 5 heteroatoms. The maximum absolute atomic E-state index is 12.1. The third-order valence-electron chi connectivity index (χ3n) is 3.77. The number of likely N-dealkylation sites (tertiary alicyclic amines) is 1. The Balaban J connectivity index is 1.77. The number of carbonyl (C=O) groups excluding carboxylic acids is 1. The van der Waals surface area contributed by atoms with Crippen LogP contribution < -0.4 is 5.32 Å². The van der Waals surface area contributed by atoms with Crippen LogP contribution in [-0.4, -0.2) is 37.0 Å². The highest BCUT2D eigenvalue weighted by molar-refractivity contribution is 9.10. The van der Waals surface area contributed by atoms with E-state index in [1.807, 2.05) is 0 Å². The second kappa shape index (κ2) is 7.43. The van der Waals surface area contributed by atoms with Gasteiger partial charge in [0.2, 0.25) is 0 Å². The van der Waals surface area contributed by atoms with Gasteiger partial charge in [-0.2, -0.15) is 0 Å². The van der Waals surface area contributed by atoms with Gasteiger partial charge < -0.3 is 10.2 Å². The van der Waals surface area contributed by atoms with Crippen molar-refractivity contribution in [2.75, 3.05) is 26.2 Å². The van der Waals surface area contributed by atoms with Gasteiger partial charge >= 0.3 is 0 Å². The molecule has 1 amide bonds. The Morgan fingerprint density at radius 2 is 2.15 bits per heavy atom. The summed E-state index contributed by atoms with van der Waals surface area (Å²) in [5.41, 5.74) is 0.627. The van der Waals surface area contributed by atoms with Gasteiger partial charge in [0.05, 0.1) is 5.56 Å². The molecule has 20 heavy (non-hydrogen) atoms. The van der Waals surface area contributed by atoms with Crippen LogP contribution in [0.2, 0.25) is 5.02 Å². The van der Waals surface area contributed by atoms with E-state index < -0.39 is 0 Å². The quantitative estimate of drug-likeness (QED) is 0.891. The van der Waals surface area contributed by atoms with Crippen LogP contribution in [0.5, 0.6) is 0 Å². The molecular formula is C15H20BrClN2O. The first kappa shape index (κ1) is 15.8. The monoisotopic (exact) mass is 358 g/mol. The summed E-state index contributed by atoms with van der Waals surface area (Å²) in [7, 11) is 0. The molecular weight excluding hydrogens is 340 g/mol. The molecule has 0 unspecified atom stereocenters. The van der Waals surface area contributed by atoms with Crippen LogP contribution in [0.25, 0.3) is 0 Å². The number of nitrogens with one attached hydrogen (secondary N) is 1. The highest BCUT2D eigenvalue weighted by Crippen LogP contribution is 2.21. The van der Waals surface area contributed by atoms with Gasteiger partial charge in [-0.1, -0.05) is 18.5 Å². The fraction of sp³-hybridized carbons (Fsp3) is 0.533. The van der Waals surface area contributed by atoms with Crippen LogP contribution in [0.1, 0.15) is 30.1 Å². The number of benzene rings is 1. The van der Waals surface area contributed by atoms with Crippen LogP contribution in [-0.2, 0) is 0 Å². The van der Waals surface area contributed by atoms with E-state index in [1.54, 1.807) is 18.2 Å². The van der Waals surface area contributed by atoms with Gasteiger partial charge in [0.1, 0.15) is 0 Å². The normalized spacial score (nSPS) is 17.1. The summed E-state index contributed by atoms with van der Waals surface area (Å²) in [5, 5.41) is 3.59. The highest BCUT2D eigenvalue weighted by Gasteiger charge is 2.15. The smallest absolute Gasteiger partial charge is 0.252 e. The van der Waals surface area contributed by atoms with Gasteiger partial charge in [-0.25, -0.2) is 0 Å². The average Bonchev–Trinajstić information content (AvgIpc) is 2.41. The van der Waals surface area contributed by atoms with Crippen molar-refractivity contribution < 1.29 is 4.79 Å². The summed E-state index contributed by atoms with van der Waals surface area (Å²) < 4.78 is 0.731. The number of hydrogen-bond acceptors (Lipinski definition) is 2. The molecule has 0 bridgehead atoms. The summed E-state index contributed by atoms with van der Waals surface area (Å²) in [4.78, 5) is 14.5. The molecule has 0 aromatic heterocycles. The Morgan fingerprint density at radius 3 is 2.80 bits per heavy atom. The number of rotatable bonds is 4. The topological polar surface area (TPSA) is 32.3 Å². The maximum Gasteiger partial charge on any atom is 0.252 e. The Labute approximate surface area is 133 Å². The molecule has 3 nitrogen and oxygen atoms in total. The SMILES string of the molecule is CC1CCN(CCNC(=O)c2ccc(Cl)cc2Br)CC1. The lowest BCUT2D eigenvalue weighted by molar-refractivity contribution is 0.0943. The molecule has 1 fully saturated rings. The predicted molar refractivity (Wildman–Crippen MR) is 86.3 cm³/mol. The predicted octanol–water partition coefficient (Wildman–Crippen LogP) is 3.56. The Kier molecular flexibility index (Phi) is 5.87. The largest absolute Gasteiger partial charge is 0.351 e. The zero-order valence-electron chi connectivity index (χ0n) is 11.7. The summed E-state index contributed by atoms with van der Waals surface area (Å²) in [6.45, 7) is 6.19. The zero-order valence-corrected chi connectivity index (χ0v) is 14.0. The van der Waals surface area contributed by atoms with Crippen molar-refractivity contribution in [1.29, 1.82) is 0 Å². The average molecular weight is 360 g/mol. The van der Waals surface area contributed by atoms with E-state index in [9.17, 15) is 4.79 Å². The second-order valence-corrected chi connectivity index (χ2v) is 6.70. The van der Waals surface area contributed by atoms with E-state index in [1.165, 1.54) is 12.8 Å². The molecule has 0 spiro atoms. The fourth-order valence-corrected chi connectivity index (χ4v) is 3.24. The van der Waals surface area contributed by atoms with Gasteiger partial charge in [-0.3, -0.25) is 4.79 Å². The van der Waals surface area contributed by atoms with Gasteiger partial charge in [0.15, 0.2) is 0 Å². The fourth-order valence-electron chi connectivity index (χ4n) is 2.38. The number of nitrogens with zero attached hydrogens (tertiary/aromatic N) is 1. The van der Waals surface area contributed by atoms with Crippen LogP contribution in [0.4, 0.5) is 0 Å². The van der Waals surface area contributed by atoms with Crippen molar-refractivity contribution in [3.05, 3.63) is 33.3 Å². The standard InChI is InChI=1S/C15H20BrClN2O/c1-11-4-7-19(8-5-11)9-6-18-15(20)13-3-2-12(17)10-14(13)16/h2-3,10-11H,4-9H2,1H3,(H,18,20). The van der Waals surface area contributed by atoms with E-state index in [-0.39, 0.29) is 5.91 Å². The van der Waals surface area contributed by atoms with E-state index in [4.69, 9.17) is 11.6 Å². The molecule has 1 aromatic carbocycles. The first-order valence-electron chi connectivity index (χ1n) is 7.02. The maximum atomic E-state index is 12.1. The zero-order chi connectivity index (χ0) is 14.5. The number of hydrogen-bond donors (Lipinski definition) is 1. The van der Waals surface area contributed by atoms with Crippen LogP contribution in [0, 0.1) is 5.92 Å². The van der Waals surface area contributed by atoms with Crippen molar-refractivity contribution in [2.24, 2.45) is 5.92 Å². The van der Waals surface area contributed by atoms with Gasteiger partial charge in [0, 0.05) is 22.6 Å². The highest BCUT2D eigenvalue weighted by atomic mass is 79.9. The summed E-state index contributed by atoms with van der Waals surface area (Å²) in [5.74, 6) is 0.782.